The number of nitrogens with zero attached hydrogens (tertiary/aromatic N) is 6. The van der Waals surface area contributed by atoms with Crippen molar-refractivity contribution < 1.29 is 11.0 Å². The Morgan fingerprint density at radius 3 is 1.02 bits per heavy atom. The van der Waals surface area contributed by atoms with Gasteiger partial charge in [-0.15, -0.1) is 0 Å². The van der Waals surface area contributed by atoms with Gasteiger partial charge < -0.3 is 28.1 Å². The number of fused-ring (bicyclic) bond motifs is 16. The number of hydrogen-bond donors (Lipinski definition) is 0. The zero-order chi connectivity index (χ0) is 99.2. The summed E-state index contributed by atoms with van der Waals surface area (Å²) in [6, 6.07) is 123. The van der Waals surface area contributed by atoms with E-state index in [0.717, 1.165) is 178 Å². The fourth-order valence-corrected chi connectivity index (χ4v) is 21.6. The average molecular weight is 1750 g/mol. The summed E-state index contributed by atoms with van der Waals surface area (Å²) in [5.74, 6) is 0. The number of rotatable bonds is 11. The van der Waals surface area contributed by atoms with Gasteiger partial charge in [0.25, 0.3) is 6.71 Å². The number of benzene rings is 18. The average Bonchev–Trinajstić information content (AvgIpc) is 1.15. The second-order valence-electron chi connectivity index (χ2n) is 42.4. The molecule has 2 aliphatic heterocycles. The molecule has 0 spiro atoms. The van der Waals surface area contributed by atoms with E-state index in [1.807, 2.05) is 6.07 Å². The van der Waals surface area contributed by atoms with Crippen molar-refractivity contribution in [2.45, 2.75) is 131 Å². The second kappa shape index (κ2) is 30.7. The van der Waals surface area contributed by atoms with Gasteiger partial charge in [-0.25, -0.2) is 0 Å². The Labute approximate surface area is 803 Å². The molecule has 0 amide bonds. The highest BCUT2D eigenvalue weighted by molar-refractivity contribution is 7.00. The zero-order valence-corrected chi connectivity index (χ0v) is 79.1. The van der Waals surface area contributed by atoms with Gasteiger partial charge in [0, 0.05) is 99.7 Å². The zero-order valence-electron chi connectivity index (χ0n) is 87.1. The van der Waals surface area contributed by atoms with Gasteiger partial charge in [0.05, 0.1) is 66.5 Å². The molecule has 0 N–H and O–H groups in total. The van der Waals surface area contributed by atoms with Gasteiger partial charge in [-0.3, -0.25) is 0 Å². The molecule has 24 rings (SSSR count). The Balaban J connectivity index is 0.900. The van der Waals surface area contributed by atoms with Crippen molar-refractivity contribution in [3.05, 3.63) is 416 Å². The van der Waals surface area contributed by atoms with Crippen molar-refractivity contribution in [1.82, 2.24) is 18.3 Å². The number of aromatic nitrogens is 4. The van der Waals surface area contributed by atoms with E-state index in [2.05, 4.69) is 461 Å². The minimum absolute atomic E-state index is 0.00335. The Hall–Kier alpha value is -15.2. The number of para-hydroxylation sites is 4. The van der Waals surface area contributed by atoms with E-state index in [1.54, 1.807) is 4.57 Å². The molecule has 18 aromatic carbocycles. The van der Waals surface area contributed by atoms with Crippen LogP contribution in [0.3, 0.4) is 0 Å². The maximum absolute atomic E-state index is 9.94. The lowest BCUT2D eigenvalue weighted by Gasteiger charge is -2.45. The first-order valence-corrected chi connectivity index (χ1v) is 47.4. The standard InChI is InChI=1S/C128H109BN6/c1-124(2,3)88-53-60-114-104(71-88)105-72-89(125(4,5)6)54-61-115(105)132(114)95-55-59-109-119(77-95)135(123-102(82-40-24-18-25-41-82)73-92(128(13,14)15)74-103(123)83-42-26-19-27-43-83)121-79-97(133-116-62-56-93(130-110-48-32-28-44-98(110)99-45-29-33-49-111(99)130)75-106(116)107-76-94(57-63-117(107)133)131-112-50-34-30-46-100(112)101-47-31-35-51-113(101)131)78-120-122(121)129(109)108-58-52-84(87-65-90(126(7,8)9)70-91(66-87)127(10,11)12)69-118(108)134(120)96-67-85(80-36-20-16-21-37-80)64-86(68-96)81-38-22-17-23-39-81/h16-79H,1-15H3/i28D,29D,32D,33D,44D,45D,48D,49D. The fraction of sp³-hybridized carbons (Fsp3) is 0.156. The van der Waals surface area contributed by atoms with Crippen molar-refractivity contribution in [1.29, 1.82) is 0 Å². The first-order chi connectivity index (χ1) is 68.4. The highest BCUT2D eigenvalue weighted by Crippen LogP contribution is 2.55. The second-order valence-corrected chi connectivity index (χ2v) is 42.4. The highest BCUT2D eigenvalue weighted by Gasteiger charge is 2.46. The van der Waals surface area contributed by atoms with Crippen LogP contribution in [0.2, 0.25) is 0 Å². The predicted octanol–water partition coefficient (Wildman–Crippen LogP) is 33.0. The molecule has 0 saturated carbocycles. The summed E-state index contributed by atoms with van der Waals surface area (Å²) >= 11 is 0. The maximum atomic E-state index is 9.94. The van der Waals surface area contributed by atoms with Crippen molar-refractivity contribution in [3.8, 4) is 78.4 Å². The SMILES string of the molecule is [2H]c1c([2H])c([2H])c2c(c1[2H])c1c([2H])c([2H])c([2H])c([2H])c1n2-c1ccc2c(c1)c1cc(-n3c4ccccc4c4ccccc43)ccc1n2-c1cc2c3c(c1)N(c1c(-c4ccccc4)cc(C(C)(C)C)cc1-c1ccccc1)c1cc(-n4c5ccc(C(C)(C)C)cc5c5cc(C(C)(C)C)ccc54)ccc1B3c1ccc(-c3cc(C(C)(C)C)cc(C(C)(C)C)c3)cc1N2c1cc(-c2ccccc2)cc(-c2ccccc2)c1. The third kappa shape index (κ3) is 13.6. The van der Waals surface area contributed by atoms with E-state index < -0.39 is 43.0 Å². The van der Waals surface area contributed by atoms with Crippen LogP contribution in [-0.4, -0.2) is 25.0 Å². The summed E-state index contributed by atoms with van der Waals surface area (Å²) < 4.78 is 85.3. The molecule has 0 fully saturated rings. The lowest BCUT2D eigenvalue weighted by molar-refractivity contribution is 0.569. The molecule has 7 heteroatoms. The molecule has 0 saturated heterocycles. The van der Waals surface area contributed by atoms with E-state index in [9.17, 15) is 11.0 Å². The summed E-state index contributed by atoms with van der Waals surface area (Å²) in [6.07, 6.45) is 0. The van der Waals surface area contributed by atoms with Gasteiger partial charge in [0.15, 0.2) is 0 Å². The molecule has 135 heavy (non-hydrogen) atoms. The normalized spacial score (nSPS) is 13.9. The molecule has 654 valence electrons. The van der Waals surface area contributed by atoms with Gasteiger partial charge in [-0.2, -0.15) is 0 Å². The van der Waals surface area contributed by atoms with Crippen LogP contribution in [0.5, 0.6) is 0 Å². The van der Waals surface area contributed by atoms with E-state index >= 15 is 0 Å². The molecule has 0 bridgehead atoms. The summed E-state index contributed by atoms with van der Waals surface area (Å²) in [5, 5.41) is 6.19. The number of hydrogen-bond acceptors (Lipinski definition) is 2. The van der Waals surface area contributed by atoms with Crippen LogP contribution < -0.4 is 26.2 Å². The molecule has 6 heterocycles. The van der Waals surface area contributed by atoms with Crippen LogP contribution in [0.4, 0.5) is 34.1 Å². The molecule has 4 aromatic heterocycles. The monoisotopic (exact) mass is 1750 g/mol. The predicted molar refractivity (Wildman–Crippen MR) is 579 cm³/mol. The van der Waals surface area contributed by atoms with Crippen LogP contribution >= 0.6 is 0 Å². The van der Waals surface area contributed by atoms with E-state index in [0.29, 0.717) is 5.69 Å². The van der Waals surface area contributed by atoms with Crippen molar-refractivity contribution in [3.63, 3.8) is 0 Å². The van der Waals surface area contributed by atoms with Crippen LogP contribution in [0, 0.1) is 0 Å². The smallest absolute Gasteiger partial charge is 0.252 e. The third-order valence-electron chi connectivity index (χ3n) is 28.7. The van der Waals surface area contributed by atoms with Crippen LogP contribution in [-0.2, 0) is 27.1 Å². The summed E-state index contributed by atoms with van der Waals surface area (Å²) in [7, 11) is 0. The number of anilines is 6. The molecule has 6 nitrogen and oxygen atoms in total. The molecule has 2 aliphatic rings. The van der Waals surface area contributed by atoms with Crippen molar-refractivity contribution in [2.75, 3.05) is 9.80 Å². The van der Waals surface area contributed by atoms with Crippen molar-refractivity contribution in [2.24, 2.45) is 0 Å². The van der Waals surface area contributed by atoms with Crippen LogP contribution in [0.25, 0.3) is 166 Å². The van der Waals surface area contributed by atoms with E-state index in [-0.39, 0.29) is 61.0 Å². The molecule has 22 aromatic rings. The highest BCUT2D eigenvalue weighted by atomic mass is 15.2. The summed E-state index contributed by atoms with van der Waals surface area (Å²) in [5.41, 5.74) is 33.9. The summed E-state index contributed by atoms with van der Waals surface area (Å²) in [6.45, 7) is 34.3. The quantitative estimate of drug-likeness (QED) is 0.121. The fourth-order valence-electron chi connectivity index (χ4n) is 21.6. The largest absolute Gasteiger partial charge is 0.311 e. The Morgan fingerprint density at radius 1 is 0.207 bits per heavy atom. The first kappa shape index (κ1) is 74.4. The molecular weight excluding hydrogens is 1630 g/mol. The van der Waals surface area contributed by atoms with Gasteiger partial charge in [0.1, 0.15) is 0 Å². The molecule has 0 atom stereocenters. The van der Waals surface area contributed by atoms with E-state index in [1.165, 1.54) is 38.6 Å². The lowest BCUT2D eigenvalue weighted by atomic mass is 9.33. The minimum atomic E-state index is -0.506. The van der Waals surface area contributed by atoms with Gasteiger partial charge in [-0.1, -0.05) is 346 Å². The Morgan fingerprint density at radius 2 is 0.556 bits per heavy atom. The van der Waals surface area contributed by atoms with Crippen LogP contribution in [0.1, 0.15) is 143 Å². The molecule has 0 unspecified atom stereocenters. The third-order valence-corrected chi connectivity index (χ3v) is 28.7. The van der Waals surface area contributed by atoms with E-state index in [4.69, 9.17) is 0 Å². The van der Waals surface area contributed by atoms with Gasteiger partial charge in [0.2, 0.25) is 0 Å². The molecule has 0 radical (unpaired) electrons. The van der Waals surface area contributed by atoms with Gasteiger partial charge >= 0.3 is 0 Å². The Bertz CT molecular complexity index is 8800. The molecular formula is C128H109BN6. The van der Waals surface area contributed by atoms with Gasteiger partial charge in [-0.05, 0) is 261 Å². The topological polar surface area (TPSA) is 26.2 Å². The minimum Gasteiger partial charge on any atom is -0.311 e. The Kier molecular flexibility index (Phi) is 16.9. The molecule has 0 aliphatic carbocycles. The summed E-state index contributed by atoms with van der Waals surface area (Å²) in [4.78, 5) is 5.26. The van der Waals surface area contributed by atoms with Crippen LogP contribution in [0.15, 0.2) is 388 Å². The van der Waals surface area contributed by atoms with Crippen molar-refractivity contribution >= 4 is 144 Å². The maximum Gasteiger partial charge on any atom is 0.252 e. The lowest BCUT2D eigenvalue weighted by Crippen LogP contribution is -2.61. The first-order valence-electron chi connectivity index (χ1n) is 51.4.